The maximum Gasteiger partial charge on any atom is 0.281 e. The Balaban J connectivity index is 0. The number of rotatable bonds is 6. The zero-order chi connectivity index (χ0) is 16.7. The van der Waals surface area contributed by atoms with Crippen LogP contribution in [0.3, 0.4) is 0 Å². The van der Waals surface area contributed by atoms with Gasteiger partial charge in [0.05, 0.1) is 14.1 Å². The van der Waals surface area contributed by atoms with Crippen LogP contribution < -0.4 is 4.90 Å². The first-order valence-electron chi connectivity index (χ1n) is 6.16. The summed E-state index contributed by atoms with van der Waals surface area (Å²) in [4.78, 5) is 2.13. The van der Waals surface area contributed by atoms with Crippen molar-refractivity contribution in [2.75, 3.05) is 28.2 Å². The Morgan fingerprint density at radius 3 is 1.50 bits per heavy atom. The van der Waals surface area contributed by atoms with Gasteiger partial charge in [0.15, 0.2) is 5.37 Å². The molecule has 20 heavy (non-hydrogen) atoms. The number of nitrogens with one attached hydrogen (secondary N) is 1. The normalized spacial score (nSPS) is 15.7. The number of nitrogens with zero attached hydrogens (tertiary/aromatic N) is 1. The molecule has 0 aliphatic heterocycles. The first-order valence-corrected chi connectivity index (χ1v) is 9.13. The second kappa shape index (κ2) is 8.90. The predicted molar refractivity (Wildman–Crippen MR) is 75.9 cm³/mol. The Hall–Kier alpha value is -0.260. The van der Waals surface area contributed by atoms with Crippen LogP contribution in [0.1, 0.15) is 26.7 Å². The molecule has 124 valence electrons. The van der Waals surface area contributed by atoms with Crippen LogP contribution in [0, 0.1) is 0 Å². The zero-order valence-corrected chi connectivity index (χ0v) is 14.5. The number of hydrogen-bond acceptors (Lipinski definition) is 6. The van der Waals surface area contributed by atoms with Gasteiger partial charge in [-0.2, -0.15) is 8.42 Å². The second-order valence-electron chi connectivity index (χ2n) is 4.81. The summed E-state index contributed by atoms with van der Waals surface area (Å²) in [5.74, 6) is 0. The van der Waals surface area contributed by atoms with Gasteiger partial charge in [-0.15, -0.1) is 0 Å². The topological polar surface area (TPSA) is 119 Å². The molecule has 0 aliphatic carbocycles. The summed E-state index contributed by atoms with van der Waals surface area (Å²) in [6.07, 6.45) is 0.764. The van der Waals surface area contributed by atoms with Crippen molar-refractivity contribution in [3.63, 3.8) is 0 Å². The van der Waals surface area contributed by atoms with E-state index in [1.54, 1.807) is 42.0 Å². The summed E-state index contributed by atoms with van der Waals surface area (Å²) in [7, 11) is -1.45. The zero-order valence-electron chi connectivity index (χ0n) is 12.8. The highest BCUT2D eigenvalue weighted by Gasteiger charge is 2.22. The van der Waals surface area contributed by atoms with Crippen LogP contribution in [-0.4, -0.2) is 69.8 Å². The summed E-state index contributed by atoms with van der Waals surface area (Å²) < 4.78 is 60.9. The average molecular weight is 334 g/mol. The van der Waals surface area contributed by atoms with E-state index >= 15 is 0 Å². The van der Waals surface area contributed by atoms with E-state index in [2.05, 4.69) is 0 Å². The van der Waals surface area contributed by atoms with Gasteiger partial charge in [0.1, 0.15) is 15.5 Å². The van der Waals surface area contributed by atoms with E-state index in [-0.39, 0.29) is 0 Å². The standard InChI is InChI=1S/2C5H13NO3S/c2*1-4-5(6(2)3)10(7,8)9/h2*5H,4H2,1-3H3,(H,7,8,9). The van der Waals surface area contributed by atoms with Gasteiger partial charge < -0.3 is 9.45 Å². The van der Waals surface area contributed by atoms with E-state index < -0.39 is 31.0 Å². The summed E-state index contributed by atoms with van der Waals surface area (Å²) in [5, 5.41) is -1.57. The van der Waals surface area contributed by atoms with Gasteiger partial charge in [-0.25, -0.2) is 8.42 Å². The maximum atomic E-state index is 10.5. The molecule has 0 saturated carbocycles. The van der Waals surface area contributed by atoms with Crippen molar-refractivity contribution < 1.29 is 30.8 Å². The summed E-state index contributed by atoms with van der Waals surface area (Å²) in [6, 6.07) is 0. The van der Waals surface area contributed by atoms with Crippen molar-refractivity contribution in [1.29, 1.82) is 0 Å². The molecule has 0 aromatic rings. The molecule has 0 aromatic heterocycles. The molecule has 0 aromatic carbocycles. The van der Waals surface area contributed by atoms with Crippen molar-refractivity contribution in [1.82, 2.24) is 4.90 Å². The molecule has 2 unspecified atom stereocenters. The fourth-order valence-corrected chi connectivity index (χ4v) is 3.68. The highest BCUT2D eigenvalue weighted by atomic mass is 32.2. The number of hydrogen-bond donors (Lipinski definition) is 2. The minimum atomic E-state index is -4.10. The molecule has 0 heterocycles. The third kappa shape index (κ3) is 8.82. The van der Waals surface area contributed by atoms with Crippen LogP contribution >= 0.6 is 0 Å². The summed E-state index contributed by atoms with van der Waals surface area (Å²) in [5.41, 5.74) is 0. The van der Waals surface area contributed by atoms with Crippen LogP contribution in [0.5, 0.6) is 0 Å². The smallest absolute Gasteiger partial charge is 0.281 e. The fourth-order valence-electron chi connectivity index (χ4n) is 1.74. The molecule has 0 amide bonds. The van der Waals surface area contributed by atoms with Crippen molar-refractivity contribution in [2.24, 2.45) is 0 Å². The molecule has 0 radical (unpaired) electrons. The third-order valence-corrected chi connectivity index (χ3v) is 5.58. The lowest BCUT2D eigenvalue weighted by molar-refractivity contribution is -0.870. The molecule has 0 rings (SSSR count). The van der Waals surface area contributed by atoms with Crippen LogP contribution in [0.25, 0.3) is 0 Å². The molecule has 0 spiro atoms. The lowest BCUT2D eigenvalue weighted by Crippen LogP contribution is -3.11. The van der Waals surface area contributed by atoms with Crippen LogP contribution in [0.2, 0.25) is 0 Å². The lowest BCUT2D eigenvalue weighted by Gasteiger charge is -2.22. The first-order chi connectivity index (χ1) is 8.78. The van der Waals surface area contributed by atoms with E-state index in [9.17, 15) is 21.4 Å². The van der Waals surface area contributed by atoms with Crippen LogP contribution in [-0.2, 0) is 20.2 Å². The summed E-state index contributed by atoms with van der Waals surface area (Å²) in [6.45, 7) is 3.39. The largest absolute Gasteiger partial charge is 0.743 e. The molecule has 2 atom stereocenters. The van der Waals surface area contributed by atoms with E-state index in [4.69, 9.17) is 4.55 Å². The van der Waals surface area contributed by atoms with Crippen LogP contribution in [0.15, 0.2) is 0 Å². The minimum absolute atomic E-state index is 0.369. The maximum absolute atomic E-state index is 10.5. The van der Waals surface area contributed by atoms with Crippen molar-refractivity contribution >= 4 is 20.2 Å². The SMILES string of the molecule is CCC(N(C)C)S(=O)(=O)O.CCC([NH+](C)C)S(=O)(=O)[O-]. The number of quaternary nitrogens is 1. The molecular weight excluding hydrogens is 308 g/mol. The van der Waals surface area contributed by atoms with Crippen LogP contribution in [0.4, 0.5) is 0 Å². The van der Waals surface area contributed by atoms with Gasteiger partial charge in [0.2, 0.25) is 0 Å². The van der Waals surface area contributed by atoms with Crippen molar-refractivity contribution in [3.8, 4) is 0 Å². The highest BCUT2D eigenvalue weighted by molar-refractivity contribution is 7.86. The molecule has 0 saturated heterocycles. The minimum Gasteiger partial charge on any atom is -0.743 e. The van der Waals surface area contributed by atoms with Crippen molar-refractivity contribution in [2.45, 2.75) is 37.4 Å². The van der Waals surface area contributed by atoms with Gasteiger partial charge in [-0.05, 0) is 20.5 Å². The molecule has 0 fully saturated rings. The van der Waals surface area contributed by atoms with Gasteiger partial charge in [0, 0.05) is 6.42 Å². The van der Waals surface area contributed by atoms with Crippen molar-refractivity contribution in [3.05, 3.63) is 0 Å². The summed E-state index contributed by atoms with van der Waals surface area (Å²) >= 11 is 0. The molecule has 10 heteroatoms. The Kier molecular flexibility index (Phi) is 9.80. The molecular formula is C10H26N2O6S2. The first kappa shape index (κ1) is 22.0. The van der Waals surface area contributed by atoms with E-state index in [1.807, 2.05) is 0 Å². The van der Waals surface area contributed by atoms with Gasteiger partial charge in [-0.3, -0.25) is 9.45 Å². The molecule has 0 bridgehead atoms. The second-order valence-corrected chi connectivity index (χ2v) is 7.94. The van der Waals surface area contributed by atoms with E-state index in [0.717, 1.165) is 0 Å². The van der Waals surface area contributed by atoms with Gasteiger partial charge in [-0.1, -0.05) is 13.8 Å². The Labute approximate surface area is 122 Å². The van der Waals surface area contributed by atoms with Gasteiger partial charge >= 0.3 is 0 Å². The molecule has 0 aliphatic rings. The Morgan fingerprint density at radius 2 is 1.50 bits per heavy atom. The monoisotopic (exact) mass is 334 g/mol. The molecule has 2 N–H and O–H groups in total. The van der Waals surface area contributed by atoms with Gasteiger partial charge in [0.25, 0.3) is 10.1 Å². The Morgan fingerprint density at radius 1 is 1.10 bits per heavy atom. The average Bonchev–Trinajstić information content (AvgIpc) is 2.13. The molecule has 8 nitrogen and oxygen atoms in total. The van der Waals surface area contributed by atoms with E-state index in [0.29, 0.717) is 17.7 Å². The quantitative estimate of drug-likeness (QED) is 0.572. The van der Waals surface area contributed by atoms with E-state index in [1.165, 1.54) is 4.90 Å². The predicted octanol–water partition coefficient (Wildman–Crippen LogP) is -1.42. The highest BCUT2D eigenvalue weighted by Crippen LogP contribution is 2.05. The lowest BCUT2D eigenvalue weighted by atomic mass is 10.4. The Bertz CT molecular complexity index is 414. The third-order valence-electron chi connectivity index (χ3n) is 2.63. The fraction of sp³-hybridized carbons (Fsp3) is 1.00.